The van der Waals surface area contributed by atoms with Crippen LogP contribution in [0.3, 0.4) is 0 Å². The predicted molar refractivity (Wildman–Crippen MR) is 53.5 cm³/mol. The zero-order valence-corrected chi connectivity index (χ0v) is 8.60. The number of morpholine rings is 1. The van der Waals surface area contributed by atoms with Gasteiger partial charge in [0.1, 0.15) is 0 Å². The SMILES string of the molecule is C1COC2(CCNC2)CN1.Cl.Cl. The number of nitrogens with one attached hydrogen (secondary N) is 2. The first-order chi connectivity index (χ1) is 4.91. The molecule has 2 aliphatic rings. The first-order valence-electron chi connectivity index (χ1n) is 3.97. The summed E-state index contributed by atoms with van der Waals surface area (Å²) < 4.78 is 5.70. The average molecular weight is 215 g/mol. The first-order valence-corrected chi connectivity index (χ1v) is 3.97. The molecule has 0 aromatic rings. The van der Waals surface area contributed by atoms with Crippen molar-refractivity contribution in [2.45, 2.75) is 12.0 Å². The van der Waals surface area contributed by atoms with Crippen LogP contribution < -0.4 is 10.6 Å². The summed E-state index contributed by atoms with van der Waals surface area (Å²) in [4.78, 5) is 0. The van der Waals surface area contributed by atoms with Crippen LogP contribution in [0.5, 0.6) is 0 Å². The number of rotatable bonds is 0. The van der Waals surface area contributed by atoms with Crippen molar-refractivity contribution in [2.24, 2.45) is 0 Å². The minimum absolute atomic E-state index is 0. The Hall–Kier alpha value is 0.460. The monoisotopic (exact) mass is 214 g/mol. The van der Waals surface area contributed by atoms with E-state index in [9.17, 15) is 0 Å². The molecule has 3 nitrogen and oxygen atoms in total. The lowest BCUT2D eigenvalue weighted by Gasteiger charge is -2.33. The number of hydrogen-bond donors (Lipinski definition) is 2. The predicted octanol–water partition coefficient (Wildman–Crippen LogP) is 0.182. The largest absolute Gasteiger partial charge is 0.371 e. The fraction of sp³-hybridized carbons (Fsp3) is 1.00. The topological polar surface area (TPSA) is 33.3 Å². The van der Waals surface area contributed by atoms with Crippen LogP contribution in [0.25, 0.3) is 0 Å². The molecule has 0 saturated carbocycles. The van der Waals surface area contributed by atoms with Crippen molar-refractivity contribution >= 4 is 24.8 Å². The van der Waals surface area contributed by atoms with Crippen LogP contribution in [0.15, 0.2) is 0 Å². The Bertz CT molecular complexity index is 121. The molecule has 0 aromatic heterocycles. The van der Waals surface area contributed by atoms with E-state index in [1.807, 2.05) is 0 Å². The third-order valence-electron chi connectivity index (χ3n) is 2.34. The molecule has 1 atom stereocenters. The number of ether oxygens (including phenoxy) is 1. The summed E-state index contributed by atoms with van der Waals surface area (Å²) in [7, 11) is 0. The van der Waals surface area contributed by atoms with Gasteiger partial charge in [0.2, 0.25) is 0 Å². The normalized spacial score (nSPS) is 34.0. The molecule has 2 rings (SSSR count). The molecule has 0 bridgehead atoms. The van der Waals surface area contributed by atoms with E-state index >= 15 is 0 Å². The molecule has 74 valence electrons. The minimum atomic E-state index is 0. The molecule has 2 heterocycles. The summed E-state index contributed by atoms with van der Waals surface area (Å²) in [6, 6.07) is 0. The second-order valence-electron chi connectivity index (χ2n) is 3.14. The van der Waals surface area contributed by atoms with Gasteiger partial charge in [0.15, 0.2) is 0 Å². The summed E-state index contributed by atoms with van der Waals surface area (Å²) in [5.41, 5.74) is 0.151. The van der Waals surface area contributed by atoms with Gasteiger partial charge in [0.25, 0.3) is 0 Å². The highest BCUT2D eigenvalue weighted by Crippen LogP contribution is 2.20. The summed E-state index contributed by atoms with van der Waals surface area (Å²) >= 11 is 0. The number of hydrogen-bond acceptors (Lipinski definition) is 3. The standard InChI is InChI=1S/C7H14N2O.2ClH/c1-2-8-5-7(1)6-9-3-4-10-7;;/h8-9H,1-6H2;2*1H. The Kier molecular flexibility index (Phi) is 5.45. The van der Waals surface area contributed by atoms with Crippen LogP contribution in [-0.4, -0.2) is 38.4 Å². The van der Waals surface area contributed by atoms with Gasteiger partial charge in [-0.2, -0.15) is 0 Å². The van der Waals surface area contributed by atoms with Gasteiger partial charge in [0, 0.05) is 19.6 Å². The van der Waals surface area contributed by atoms with Gasteiger partial charge in [-0.25, -0.2) is 0 Å². The maximum atomic E-state index is 5.70. The summed E-state index contributed by atoms with van der Waals surface area (Å²) in [5, 5.41) is 6.67. The fourth-order valence-corrected chi connectivity index (χ4v) is 1.70. The molecular weight excluding hydrogens is 199 g/mol. The first kappa shape index (κ1) is 12.5. The molecule has 1 unspecified atom stereocenters. The second kappa shape index (κ2) is 5.25. The van der Waals surface area contributed by atoms with Crippen molar-refractivity contribution in [3.63, 3.8) is 0 Å². The van der Waals surface area contributed by atoms with E-state index in [0.717, 1.165) is 32.8 Å². The van der Waals surface area contributed by atoms with Gasteiger partial charge >= 0.3 is 0 Å². The Balaban J connectivity index is 0.000000605. The third kappa shape index (κ3) is 2.47. The summed E-state index contributed by atoms with van der Waals surface area (Å²) in [6.45, 7) is 5.06. The van der Waals surface area contributed by atoms with Crippen LogP contribution in [0.4, 0.5) is 0 Å². The molecule has 0 radical (unpaired) electrons. The third-order valence-corrected chi connectivity index (χ3v) is 2.34. The van der Waals surface area contributed by atoms with Crippen molar-refractivity contribution in [3.05, 3.63) is 0 Å². The van der Waals surface area contributed by atoms with Crippen molar-refractivity contribution in [1.82, 2.24) is 10.6 Å². The molecule has 2 saturated heterocycles. The zero-order chi connectivity index (χ0) is 6.86. The molecule has 0 amide bonds. The van der Waals surface area contributed by atoms with Crippen molar-refractivity contribution < 1.29 is 4.74 Å². The van der Waals surface area contributed by atoms with Crippen molar-refractivity contribution in [1.29, 1.82) is 0 Å². The molecule has 12 heavy (non-hydrogen) atoms. The Morgan fingerprint density at radius 1 is 1.00 bits per heavy atom. The van der Waals surface area contributed by atoms with Gasteiger partial charge in [-0.1, -0.05) is 0 Å². The van der Waals surface area contributed by atoms with Crippen LogP contribution in [0.1, 0.15) is 6.42 Å². The van der Waals surface area contributed by atoms with Crippen LogP contribution in [0, 0.1) is 0 Å². The lowest BCUT2D eigenvalue weighted by Crippen LogP contribution is -2.50. The molecule has 2 N–H and O–H groups in total. The smallest absolute Gasteiger partial charge is 0.0942 e. The Labute approximate surface area is 85.4 Å². The van der Waals surface area contributed by atoms with E-state index in [1.165, 1.54) is 6.42 Å². The quantitative estimate of drug-likeness (QED) is 0.604. The molecule has 0 aromatic carbocycles. The van der Waals surface area contributed by atoms with E-state index in [-0.39, 0.29) is 30.4 Å². The van der Waals surface area contributed by atoms with E-state index in [1.54, 1.807) is 0 Å². The van der Waals surface area contributed by atoms with Gasteiger partial charge in [-0.3, -0.25) is 0 Å². The van der Waals surface area contributed by atoms with Crippen molar-refractivity contribution in [3.8, 4) is 0 Å². The molecule has 5 heteroatoms. The van der Waals surface area contributed by atoms with Gasteiger partial charge < -0.3 is 15.4 Å². The van der Waals surface area contributed by atoms with E-state index < -0.39 is 0 Å². The highest BCUT2D eigenvalue weighted by atomic mass is 35.5. The lowest BCUT2D eigenvalue weighted by molar-refractivity contribution is -0.0508. The maximum Gasteiger partial charge on any atom is 0.0942 e. The minimum Gasteiger partial charge on any atom is -0.371 e. The Morgan fingerprint density at radius 3 is 2.17 bits per heavy atom. The maximum absolute atomic E-state index is 5.70. The second-order valence-corrected chi connectivity index (χ2v) is 3.14. The summed E-state index contributed by atoms with van der Waals surface area (Å²) in [5.74, 6) is 0. The Morgan fingerprint density at radius 2 is 1.67 bits per heavy atom. The lowest BCUT2D eigenvalue weighted by atomic mass is 10.0. The fourth-order valence-electron chi connectivity index (χ4n) is 1.70. The molecule has 0 aliphatic carbocycles. The van der Waals surface area contributed by atoms with E-state index in [4.69, 9.17) is 4.74 Å². The van der Waals surface area contributed by atoms with Gasteiger partial charge in [0.05, 0.1) is 12.2 Å². The molecule has 2 fully saturated rings. The molecular formula is C7H16Cl2N2O. The highest BCUT2D eigenvalue weighted by molar-refractivity contribution is 5.85. The summed E-state index contributed by atoms with van der Waals surface area (Å²) in [6.07, 6.45) is 1.17. The van der Waals surface area contributed by atoms with Crippen LogP contribution in [0.2, 0.25) is 0 Å². The van der Waals surface area contributed by atoms with Crippen LogP contribution >= 0.6 is 24.8 Å². The van der Waals surface area contributed by atoms with Crippen molar-refractivity contribution in [2.75, 3.05) is 32.8 Å². The van der Waals surface area contributed by atoms with E-state index in [2.05, 4.69) is 10.6 Å². The van der Waals surface area contributed by atoms with Gasteiger partial charge in [-0.05, 0) is 13.0 Å². The van der Waals surface area contributed by atoms with Crippen LogP contribution in [-0.2, 0) is 4.74 Å². The number of halogens is 2. The van der Waals surface area contributed by atoms with Gasteiger partial charge in [-0.15, -0.1) is 24.8 Å². The molecule has 2 aliphatic heterocycles. The highest BCUT2D eigenvalue weighted by Gasteiger charge is 2.35. The molecule has 1 spiro atoms. The average Bonchev–Trinajstić information content (AvgIpc) is 2.39. The zero-order valence-electron chi connectivity index (χ0n) is 6.97. The van der Waals surface area contributed by atoms with E-state index in [0.29, 0.717) is 0 Å².